The maximum atomic E-state index is 12.7. The lowest BCUT2D eigenvalue weighted by atomic mass is 10.2. The van der Waals surface area contributed by atoms with Gasteiger partial charge in [0.2, 0.25) is 0 Å². The molecule has 0 radical (unpaired) electrons. The number of benzene rings is 1. The Balaban J connectivity index is 2.36. The number of aromatic nitrogens is 1. The van der Waals surface area contributed by atoms with Gasteiger partial charge in [0.1, 0.15) is 10.6 Å². The monoisotopic (exact) mass is 350 g/mol. The molecule has 2 rings (SSSR count). The van der Waals surface area contributed by atoms with Crippen molar-refractivity contribution in [2.24, 2.45) is 0 Å². The molecule has 0 amide bonds. The molecule has 0 saturated carbocycles. The first-order valence-electron chi connectivity index (χ1n) is 7.78. The third-order valence-electron chi connectivity index (χ3n) is 3.73. The van der Waals surface area contributed by atoms with Gasteiger partial charge in [0.05, 0.1) is 6.61 Å². The fourth-order valence-corrected chi connectivity index (χ4v) is 4.07. The number of sulfonamides is 1. The van der Waals surface area contributed by atoms with Crippen molar-refractivity contribution in [1.82, 2.24) is 4.98 Å². The number of aromatic amines is 1. The van der Waals surface area contributed by atoms with Crippen LogP contribution < -0.4 is 4.72 Å². The summed E-state index contributed by atoms with van der Waals surface area (Å²) in [4.78, 5) is 14.8. The lowest BCUT2D eigenvalue weighted by Crippen LogP contribution is -2.15. The van der Waals surface area contributed by atoms with Gasteiger partial charge in [-0.25, -0.2) is 13.2 Å². The average molecular weight is 350 g/mol. The van der Waals surface area contributed by atoms with E-state index in [1.54, 1.807) is 32.9 Å². The van der Waals surface area contributed by atoms with E-state index in [1.165, 1.54) is 0 Å². The summed E-state index contributed by atoms with van der Waals surface area (Å²) in [5.74, 6) is -0.563. The Morgan fingerprint density at radius 1 is 1.17 bits per heavy atom. The molecule has 0 spiro atoms. The average Bonchev–Trinajstić information content (AvgIpc) is 2.83. The summed E-state index contributed by atoms with van der Waals surface area (Å²) in [6, 6.07) is 7.19. The van der Waals surface area contributed by atoms with E-state index in [0.29, 0.717) is 16.9 Å². The van der Waals surface area contributed by atoms with Crippen LogP contribution in [-0.4, -0.2) is 26.0 Å². The summed E-state index contributed by atoms with van der Waals surface area (Å²) < 4.78 is 32.9. The van der Waals surface area contributed by atoms with Crippen LogP contribution in [0.1, 0.15) is 41.2 Å². The van der Waals surface area contributed by atoms with Gasteiger partial charge in [0.25, 0.3) is 10.0 Å². The van der Waals surface area contributed by atoms with Crippen LogP contribution in [-0.2, 0) is 21.2 Å². The summed E-state index contributed by atoms with van der Waals surface area (Å²) >= 11 is 0. The Kier molecular flexibility index (Phi) is 5.33. The Morgan fingerprint density at radius 3 is 2.33 bits per heavy atom. The topological polar surface area (TPSA) is 88.3 Å². The minimum absolute atomic E-state index is 0.0742. The second-order valence-corrected chi connectivity index (χ2v) is 7.07. The second-order valence-electron chi connectivity index (χ2n) is 5.46. The number of nitrogens with one attached hydrogen (secondary N) is 2. The number of carbonyl (C=O) groups excluding carboxylic acids is 1. The second kappa shape index (κ2) is 7.09. The van der Waals surface area contributed by atoms with Crippen LogP contribution >= 0.6 is 0 Å². The van der Waals surface area contributed by atoms with Gasteiger partial charge in [-0.15, -0.1) is 0 Å². The molecule has 0 fully saturated rings. The normalized spacial score (nSPS) is 11.3. The first-order chi connectivity index (χ1) is 11.3. The molecular weight excluding hydrogens is 328 g/mol. The molecule has 0 aliphatic carbocycles. The fraction of sp³-hybridized carbons (Fsp3) is 0.353. The largest absolute Gasteiger partial charge is 0.461 e. The first kappa shape index (κ1) is 18.1. The minimum atomic E-state index is -3.81. The van der Waals surface area contributed by atoms with Crippen LogP contribution in [0, 0.1) is 13.8 Å². The third kappa shape index (κ3) is 3.62. The molecule has 0 bridgehead atoms. The summed E-state index contributed by atoms with van der Waals surface area (Å²) in [5.41, 5.74) is 2.51. The van der Waals surface area contributed by atoms with Gasteiger partial charge in [-0.1, -0.05) is 19.1 Å². The predicted octanol–water partition coefficient (Wildman–Crippen LogP) is 3.17. The molecule has 1 aromatic heterocycles. The van der Waals surface area contributed by atoms with Gasteiger partial charge >= 0.3 is 5.97 Å². The van der Waals surface area contributed by atoms with Gasteiger partial charge in [-0.2, -0.15) is 0 Å². The number of hydrogen-bond acceptors (Lipinski definition) is 4. The van der Waals surface area contributed by atoms with Gasteiger partial charge in [-0.3, -0.25) is 4.72 Å². The third-order valence-corrected chi connectivity index (χ3v) is 5.39. The van der Waals surface area contributed by atoms with Gasteiger partial charge in [0.15, 0.2) is 0 Å². The molecule has 1 aromatic carbocycles. The SMILES string of the molecule is CCOC(=O)c1[nH]c(C)c(S(=O)(=O)Nc2ccc(CC)cc2)c1C. The van der Waals surface area contributed by atoms with Crippen LogP contribution in [0.5, 0.6) is 0 Å². The molecule has 0 saturated heterocycles. The van der Waals surface area contributed by atoms with E-state index in [-0.39, 0.29) is 17.2 Å². The first-order valence-corrected chi connectivity index (χ1v) is 9.26. The highest BCUT2D eigenvalue weighted by Gasteiger charge is 2.27. The van der Waals surface area contributed by atoms with Crippen LogP contribution in [0.25, 0.3) is 0 Å². The Labute approximate surface area is 142 Å². The van der Waals surface area contributed by atoms with E-state index in [9.17, 15) is 13.2 Å². The molecule has 1 heterocycles. The van der Waals surface area contributed by atoms with Crippen LogP contribution in [0.4, 0.5) is 5.69 Å². The van der Waals surface area contributed by atoms with Crippen molar-refractivity contribution in [2.75, 3.05) is 11.3 Å². The maximum absolute atomic E-state index is 12.7. The molecule has 6 nitrogen and oxygen atoms in total. The summed E-state index contributed by atoms with van der Waals surface area (Å²) in [5, 5.41) is 0. The fourth-order valence-electron chi connectivity index (χ4n) is 2.56. The number of ether oxygens (including phenoxy) is 1. The zero-order valence-electron chi connectivity index (χ0n) is 14.3. The Morgan fingerprint density at radius 2 is 1.79 bits per heavy atom. The number of carbonyl (C=O) groups is 1. The smallest absolute Gasteiger partial charge is 0.355 e. The number of rotatable bonds is 6. The molecule has 24 heavy (non-hydrogen) atoms. The van der Waals surface area contributed by atoms with E-state index in [2.05, 4.69) is 9.71 Å². The number of hydrogen-bond donors (Lipinski definition) is 2. The van der Waals surface area contributed by atoms with E-state index in [4.69, 9.17) is 4.74 Å². The quantitative estimate of drug-likeness (QED) is 0.783. The minimum Gasteiger partial charge on any atom is -0.461 e. The van der Waals surface area contributed by atoms with E-state index in [0.717, 1.165) is 12.0 Å². The molecule has 0 unspecified atom stereocenters. The number of esters is 1. The number of anilines is 1. The van der Waals surface area contributed by atoms with Crippen LogP contribution in [0.15, 0.2) is 29.2 Å². The Hall–Kier alpha value is -2.28. The van der Waals surface area contributed by atoms with Crippen molar-refractivity contribution in [2.45, 2.75) is 39.0 Å². The van der Waals surface area contributed by atoms with Crippen molar-refractivity contribution >= 4 is 21.7 Å². The molecular formula is C17H22N2O4S. The standard InChI is InChI=1S/C17H22N2O4S/c1-5-13-7-9-14(10-8-13)19-24(21,22)16-11(3)15(18-12(16)4)17(20)23-6-2/h7-10,18-19H,5-6H2,1-4H3. The lowest BCUT2D eigenvalue weighted by molar-refractivity contribution is 0.0519. The molecule has 0 aliphatic heterocycles. The molecule has 2 aromatic rings. The zero-order valence-corrected chi connectivity index (χ0v) is 15.1. The summed E-state index contributed by atoms with van der Waals surface area (Å²) in [6.07, 6.45) is 0.881. The molecule has 130 valence electrons. The summed E-state index contributed by atoms with van der Waals surface area (Å²) in [7, 11) is -3.81. The van der Waals surface area contributed by atoms with Crippen molar-refractivity contribution in [3.05, 3.63) is 46.8 Å². The van der Waals surface area contributed by atoms with E-state index < -0.39 is 16.0 Å². The summed E-state index contributed by atoms with van der Waals surface area (Å²) in [6.45, 7) is 7.15. The van der Waals surface area contributed by atoms with Gasteiger partial charge in [0, 0.05) is 16.9 Å². The van der Waals surface area contributed by atoms with Crippen molar-refractivity contribution in [3.8, 4) is 0 Å². The number of aryl methyl sites for hydroxylation is 2. The van der Waals surface area contributed by atoms with Crippen molar-refractivity contribution in [3.63, 3.8) is 0 Å². The zero-order chi connectivity index (χ0) is 17.9. The molecule has 0 aliphatic rings. The predicted molar refractivity (Wildman–Crippen MR) is 92.9 cm³/mol. The molecule has 2 N–H and O–H groups in total. The van der Waals surface area contributed by atoms with E-state index in [1.807, 2.05) is 19.1 Å². The maximum Gasteiger partial charge on any atom is 0.355 e. The van der Waals surface area contributed by atoms with E-state index >= 15 is 0 Å². The molecule has 7 heteroatoms. The highest BCUT2D eigenvalue weighted by Crippen LogP contribution is 2.26. The van der Waals surface area contributed by atoms with Crippen molar-refractivity contribution < 1.29 is 17.9 Å². The lowest BCUT2D eigenvalue weighted by Gasteiger charge is -2.09. The number of H-pyrrole nitrogens is 1. The van der Waals surface area contributed by atoms with Gasteiger partial charge < -0.3 is 9.72 Å². The van der Waals surface area contributed by atoms with Crippen LogP contribution in [0.2, 0.25) is 0 Å². The Bertz CT molecular complexity index is 836. The van der Waals surface area contributed by atoms with Gasteiger partial charge in [-0.05, 0) is 44.9 Å². The van der Waals surface area contributed by atoms with Crippen molar-refractivity contribution in [1.29, 1.82) is 0 Å². The highest BCUT2D eigenvalue weighted by atomic mass is 32.2. The van der Waals surface area contributed by atoms with Crippen LogP contribution in [0.3, 0.4) is 0 Å². The highest BCUT2D eigenvalue weighted by molar-refractivity contribution is 7.92. The molecule has 0 atom stereocenters.